The van der Waals surface area contributed by atoms with E-state index in [-0.39, 0.29) is 18.5 Å². The molecule has 0 bridgehead atoms. The van der Waals surface area contributed by atoms with Crippen LogP contribution in [-0.4, -0.2) is 42.2 Å². The van der Waals surface area contributed by atoms with Crippen molar-refractivity contribution in [2.45, 2.75) is 31.4 Å². The molecule has 1 saturated carbocycles. The summed E-state index contributed by atoms with van der Waals surface area (Å²) < 4.78 is 0. The SMILES string of the molecule is CN(CC(=O)NCC1CC1)[C@@H]1c2cc(Cl)cc(Cl)c2C[C@H]1O. The molecule has 0 aliphatic heterocycles. The van der Waals surface area contributed by atoms with Gasteiger partial charge in [0, 0.05) is 23.0 Å². The second kappa shape index (κ2) is 6.36. The Balaban J connectivity index is 1.70. The maximum atomic E-state index is 12.0. The fourth-order valence-electron chi connectivity index (χ4n) is 3.12. The molecule has 3 rings (SSSR count). The molecule has 120 valence electrons. The number of hydrogen-bond acceptors (Lipinski definition) is 3. The molecule has 22 heavy (non-hydrogen) atoms. The molecule has 0 spiro atoms. The fraction of sp³-hybridized carbons (Fsp3) is 0.562. The van der Waals surface area contributed by atoms with E-state index >= 15 is 0 Å². The average molecular weight is 343 g/mol. The Hall–Kier alpha value is -0.810. The summed E-state index contributed by atoms with van der Waals surface area (Å²) in [6.07, 6.45) is 2.33. The van der Waals surface area contributed by atoms with Gasteiger partial charge in [-0.05, 0) is 49.1 Å². The van der Waals surface area contributed by atoms with Crippen LogP contribution in [0.1, 0.15) is 30.0 Å². The summed E-state index contributed by atoms with van der Waals surface area (Å²) in [6, 6.07) is 3.28. The molecule has 2 N–H and O–H groups in total. The van der Waals surface area contributed by atoms with E-state index in [1.54, 1.807) is 6.07 Å². The minimum Gasteiger partial charge on any atom is -0.391 e. The number of benzene rings is 1. The lowest BCUT2D eigenvalue weighted by atomic mass is 10.1. The van der Waals surface area contributed by atoms with Crippen molar-refractivity contribution in [2.24, 2.45) is 5.92 Å². The van der Waals surface area contributed by atoms with Crippen molar-refractivity contribution in [1.29, 1.82) is 0 Å². The molecule has 0 saturated heterocycles. The highest BCUT2D eigenvalue weighted by Gasteiger charge is 2.36. The highest BCUT2D eigenvalue weighted by Crippen LogP contribution is 2.40. The smallest absolute Gasteiger partial charge is 0.234 e. The number of rotatable bonds is 5. The molecule has 1 aromatic rings. The standard InChI is InChI=1S/C16H20Cl2N2O2/c1-20(8-15(22)19-7-9-2-3-9)16-12-4-10(17)5-13(18)11(12)6-14(16)21/h4-5,9,14,16,21H,2-3,6-8H2,1H3,(H,19,22)/t14-,16-/m1/s1. The van der Waals surface area contributed by atoms with Crippen LogP contribution in [0.25, 0.3) is 0 Å². The minimum absolute atomic E-state index is 0.0109. The largest absolute Gasteiger partial charge is 0.391 e. The van der Waals surface area contributed by atoms with Crippen molar-refractivity contribution in [3.05, 3.63) is 33.3 Å². The quantitative estimate of drug-likeness (QED) is 0.863. The van der Waals surface area contributed by atoms with Crippen molar-refractivity contribution in [1.82, 2.24) is 10.2 Å². The molecule has 0 unspecified atom stereocenters. The van der Waals surface area contributed by atoms with E-state index in [1.807, 2.05) is 18.0 Å². The molecule has 2 atom stereocenters. The predicted molar refractivity (Wildman–Crippen MR) is 87.3 cm³/mol. The van der Waals surface area contributed by atoms with Crippen LogP contribution in [0, 0.1) is 5.92 Å². The Morgan fingerprint density at radius 2 is 2.14 bits per heavy atom. The Labute approximate surface area is 140 Å². The van der Waals surface area contributed by atoms with Crippen LogP contribution in [0.15, 0.2) is 12.1 Å². The van der Waals surface area contributed by atoms with Crippen molar-refractivity contribution in [3.63, 3.8) is 0 Å². The first-order valence-corrected chi connectivity index (χ1v) is 8.34. The number of fused-ring (bicyclic) bond motifs is 1. The van der Waals surface area contributed by atoms with Gasteiger partial charge < -0.3 is 10.4 Å². The van der Waals surface area contributed by atoms with Crippen LogP contribution >= 0.6 is 23.2 Å². The molecular formula is C16H20Cl2N2O2. The van der Waals surface area contributed by atoms with Crippen LogP contribution < -0.4 is 5.32 Å². The fourth-order valence-corrected chi connectivity index (χ4v) is 3.71. The number of aliphatic hydroxyl groups excluding tert-OH is 1. The van der Waals surface area contributed by atoms with Crippen molar-refractivity contribution < 1.29 is 9.90 Å². The van der Waals surface area contributed by atoms with Gasteiger partial charge in [0.1, 0.15) is 0 Å². The number of carbonyl (C=O) groups is 1. The second-order valence-electron chi connectivity index (χ2n) is 6.33. The van der Waals surface area contributed by atoms with Gasteiger partial charge in [0.2, 0.25) is 5.91 Å². The normalized spacial score (nSPS) is 23.7. The molecule has 0 heterocycles. The first-order valence-electron chi connectivity index (χ1n) is 7.58. The molecule has 0 radical (unpaired) electrons. The summed E-state index contributed by atoms with van der Waals surface area (Å²) in [4.78, 5) is 13.9. The summed E-state index contributed by atoms with van der Waals surface area (Å²) in [6.45, 7) is 1.01. The van der Waals surface area contributed by atoms with Crippen LogP contribution in [0.3, 0.4) is 0 Å². The predicted octanol–water partition coefficient (Wildman–Crippen LogP) is 2.41. The molecule has 6 heteroatoms. The molecule has 0 aromatic heterocycles. The van der Waals surface area contributed by atoms with Gasteiger partial charge in [-0.2, -0.15) is 0 Å². The first-order chi connectivity index (χ1) is 10.5. The summed E-state index contributed by atoms with van der Waals surface area (Å²) in [5.74, 6) is 0.646. The van der Waals surface area contributed by atoms with E-state index in [9.17, 15) is 9.90 Å². The molecule has 1 fully saturated rings. The highest BCUT2D eigenvalue weighted by atomic mass is 35.5. The average Bonchev–Trinajstić information content (AvgIpc) is 3.19. The zero-order valence-electron chi connectivity index (χ0n) is 12.5. The van der Waals surface area contributed by atoms with E-state index in [1.165, 1.54) is 12.8 Å². The second-order valence-corrected chi connectivity index (χ2v) is 7.18. The molecule has 2 aliphatic carbocycles. The van der Waals surface area contributed by atoms with Crippen molar-refractivity contribution in [3.8, 4) is 0 Å². The third-order valence-electron chi connectivity index (χ3n) is 4.44. The van der Waals surface area contributed by atoms with Gasteiger partial charge in [-0.3, -0.25) is 9.69 Å². The van der Waals surface area contributed by atoms with Gasteiger partial charge in [0.05, 0.1) is 18.7 Å². The summed E-state index contributed by atoms with van der Waals surface area (Å²) >= 11 is 12.3. The molecule has 2 aliphatic rings. The summed E-state index contributed by atoms with van der Waals surface area (Å²) in [5.41, 5.74) is 1.84. The number of aliphatic hydroxyl groups is 1. The number of carbonyl (C=O) groups excluding carboxylic acids is 1. The zero-order valence-corrected chi connectivity index (χ0v) is 14.0. The highest BCUT2D eigenvalue weighted by molar-refractivity contribution is 6.35. The molecule has 1 amide bonds. The Morgan fingerprint density at radius 1 is 1.41 bits per heavy atom. The van der Waals surface area contributed by atoms with Crippen molar-refractivity contribution >= 4 is 29.1 Å². The lowest BCUT2D eigenvalue weighted by Gasteiger charge is -2.27. The minimum atomic E-state index is -0.577. The van der Waals surface area contributed by atoms with Gasteiger partial charge >= 0.3 is 0 Å². The third kappa shape index (κ3) is 3.40. The van der Waals surface area contributed by atoms with E-state index < -0.39 is 6.10 Å². The Morgan fingerprint density at radius 3 is 2.82 bits per heavy atom. The first kappa shape index (κ1) is 16.1. The maximum Gasteiger partial charge on any atom is 0.234 e. The molecular weight excluding hydrogens is 323 g/mol. The van der Waals surface area contributed by atoms with Crippen LogP contribution in [0.2, 0.25) is 10.0 Å². The van der Waals surface area contributed by atoms with Gasteiger partial charge in [-0.15, -0.1) is 0 Å². The molecule has 4 nitrogen and oxygen atoms in total. The maximum absolute atomic E-state index is 12.0. The van der Waals surface area contributed by atoms with Gasteiger partial charge in [0.15, 0.2) is 0 Å². The zero-order chi connectivity index (χ0) is 15.9. The summed E-state index contributed by atoms with van der Waals surface area (Å²) in [5, 5.41) is 14.4. The van der Waals surface area contributed by atoms with Gasteiger partial charge in [0.25, 0.3) is 0 Å². The lowest BCUT2D eigenvalue weighted by Crippen LogP contribution is -2.40. The third-order valence-corrected chi connectivity index (χ3v) is 5.00. The Bertz CT molecular complexity index is 590. The van der Waals surface area contributed by atoms with Gasteiger partial charge in [-0.25, -0.2) is 0 Å². The monoisotopic (exact) mass is 342 g/mol. The number of hydrogen-bond donors (Lipinski definition) is 2. The van der Waals surface area contributed by atoms with E-state index in [2.05, 4.69) is 5.32 Å². The number of nitrogens with zero attached hydrogens (tertiary/aromatic N) is 1. The van der Waals surface area contributed by atoms with Gasteiger partial charge in [-0.1, -0.05) is 23.2 Å². The van der Waals surface area contributed by atoms with Crippen LogP contribution in [0.4, 0.5) is 0 Å². The number of nitrogens with one attached hydrogen (secondary N) is 1. The van der Waals surface area contributed by atoms with E-state index in [0.29, 0.717) is 22.4 Å². The number of amides is 1. The molecule has 1 aromatic carbocycles. The Kier molecular flexibility index (Phi) is 4.64. The van der Waals surface area contributed by atoms with Crippen LogP contribution in [0.5, 0.6) is 0 Å². The number of likely N-dealkylation sites (N-methyl/N-ethyl adjacent to an activating group) is 1. The summed E-state index contributed by atoms with van der Waals surface area (Å²) in [7, 11) is 1.84. The van der Waals surface area contributed by atoms with E-state index in [4.69, 9.17) is 23.2 Å². The van der Waals surface area contributed by atoms with Crippen molar-refractivity contribution in [2.75, 3.05) is 20.1 Å². The topological polar surface area (TPSA) is 52.6 Å². The van der Waals surface area contributed by atoms with Crippen LogP contribution in [-0.2, 0) is 11.2 Å². The lowest BCUT2D eigenvalue weighted by molar-refractivity contribution is -0.122. The number of halogens is 2. The van der Waals surface area contributed by atoms with E-state index in [0.717, 1.165) is 17.7 Å².